The van der Waals surface area contributed by atoms with Crippen LogP contribution in [0.15, 0.2) is 18.2 Å². The number of ether oxygens (including phenoxy) is 2. The molecule has 4 nitrogen and oxygen atoms in total. The van der Waals surface area contributed by atoms with E-state index in [1.54, 1.807) is 6.92 Å². The highest BCUT2D eigenvalue weighted by molar-refractivity contribution is 7.13. The van der Waals surface area contributed by atoms with E-state index in [1.165, 1.54) is 16.9 Å². The van der Waals surface area contributed by atoms with E-state index in [0.29, 0.717) is 23.8 Å². The highest BCUT2D eigenvalue weighted by atomic mass is 32.1. The summed E-state index contributed by atoms with van der Waals surface area (Å²) in [4.78, 5) is 16.7. The zero-order valence-corrected chi connectivity index (χ0v) is 13.5. The molecule has 1 heterocycles. The second-order valence-corrected chi connectivity index (χ2v) is 5.81. The van der Waals surface area contributed by atoms with Gasteiger partial charge in [0.2, 0.25) is 0 Å². The van der Waals surface area contributed by atoms with E-state index in [1.807, 2.05) is 26.0 Å². The van der Waals surface area contributed by atoms with Crippen LogP contribution in [0.4, 0.5) is 0 Å². The first-order valence-corrected chi connectivity index (χ1v) is 7.67. The topological polar surface area (TPSA) is 48.4 Å². The van der Waals surface area contributed by atoms with Crippen LogP contribution in [-0.4, -0.2) is 17.6 Å². The molecule has 112 valence electrons. The number of aryl methyl sites for hydroxylation is 2. The van der Waals surface area contributed by atoms with E-state index in [4.69, 9.17) is 9.47 Å². The number of esters is 1. The Kier molecular flexibility index (Phi) is 4.96. The Balaban J connectivity index is 2.09. The Bertz CT molecular complexity index is 649. The number of thiazole rings is 1. The van der Waals surface area contributed by atoms with Gasteiger partial charge in [-0.25, -0.2) is 9.78 Å². The predicted octanol–water partition coefficient (Wildman–Crippen LogP) is 3.82. The van der Waals surface area contributed by atoms with Gasteiger partial charge in [-0.05, 0) is 44.9 Å². The summed E-state index contributed by atoms with van der Waals surface area (Å²) in [5, 5.41) is 0.774. The number of carbonyl (C=O) groups is 1. The lowest BCUT2D eigenvalue weighted by Crippen LogP contribution is -2.03. The largest absolute Gasteiger partial charge is 0.486 e. The van der Waals surface area contributed by atoms with Crippen LogP contribution >= 0.6 is 11.3 Å². The van der Waals surface area contributed by atoms with Gasteiger partial charge in [-0.2, -0.15) is 0 Å². The molecule has 0 saturated carbocycles. The van der Waals surface area contributed by atoms with Crippen molar-refractivity contribution < 1.29 is 14.3 Å². The monoisotopic (exact) mass is 305 g/mol. The van der Waals surface area contributed by atoms with Crippen molar-refractivity contribution in [2.45, 2.75) is 34.3 Å². The van der Waals surface area contributed by atoms with Crippen LogP contribution in [0, 0.1) is 20.8 Å². The minimum absolute atomic E-state index is 0.314. The molecular formula is C16H19NO3S. The molecule has 0 bridgehead atoms. The summed E-state index contributed by atoms with van der Waals surface area (Å²) in [6.45, 7) is 8.40. The fourth-order valence-electron chi connectivity index (χ4n) is 1.92. The smallest absolute Gasteiger partial charge is 0.350 e. The van der Waals surface area contributed by atoms with Crippen molar-refractivity contribution in [1.82, 2.24) is 4.98 Å². The maximum absolute atomic E-state index is 11.8. The highest BCUT2D eigenvalue weighted by Gasteiger charge is 2.16. The standard InChI is InChI=1S/C16H19NO3S/c1-5-19-16(18)15-12(4)17-14(21-15)9-20-13-8-6-7-10(2)11(13)3/h6-8H,5,9H2,1-4H3. The minimum Gasteiger partial charge on any atom is -0.486 e. The molecule has 1 aromatic heterocycles. The molecule has 0 spiro atoms. The summed E-state index contributed by atoms with van der Waals surface area (Å²) in [7, 11) is 0. The lowest BCUT2D eigenvalue weighted by atomic mass is 10.1. The van der Waals surface area contributed by atoms with E-state index >= 15 is 0 Å². The molecule has 0 N–H and O–H groups in total. The Morgan fingerprint density at radius 1 is 1.29 bits per heavy atom. The first kappa shape index (κ1) is 15.5. The molecule has 21 heavy (non-hydrogen) atoms. The van der Waals surface area contributed by atoms with Crippen LogP contribution in [0.1, 0.15) is 38.4 Å². The average molecular weight is 305 g/mol. The molecule has 1 aromatic carbocycles. The Hall–Kier alpha value is -1.88. The number of carbonyl (C=O) groups excluding carboxylic acids is 1. The molecule has 0 radical (unpaired) electrons. The molecule has 0 unspecified atom stereocenters. The van der Waals surface area contributed by atoms with Gasteiger partial charge >= 0.3 is 5.97 Å². The van der Waals surface area contributed by atoms with Crippen LogP contribution in [-0.2, 0) is 11.3 Å². The zero-order chi connectivity index (χ0) is 15.4. The molecule has 0 aliphatic carbocycles. The quantitative estimate of drug-likeness (QED) is 0.788. The summed E-state index contributed by atoms with van der Waals surface area (Å²) < 4.78 is 10.8. The second-order valence-electron chi connectivity index (χ2n) is 4.73. The van der Waals surface area contributed by atoms with Crippen LogP contribution < -0.4 is 4.74 Å². The van der Waals surface area contributed by atoms with E-state index in [0.717, 1.165) is 16.3 Å². The maximum Gasteiger partial charge on any atom is 0.350 e. The number of rotatable bonds is 5. The van der Waals surface area contributed by atoms with Gasteiger partial charge in [0, 0.05) is 0 Å². The van der Waals surface area contributed by atoms with Crippen molar-refractivity contribution in [3.63, 3.8) is 0 Å². The molecular weight excluding hydrogens is 286 g/mol. The van der Waals surface area contributed by atoms with Gasteiger partial charge in [0.1, 0.15) is 22.2 Å². The van der Waals surface area contributed by atoms with Gasteiger partial charge in [-0.3, -0.25) is 0 Å². The Labute approximate surface area is 128 Å². The molecule has 5 heteroatoms. The summed E-state index contributed by atoms with van der Waals surface area (Å²) >= 11 is 1.33. The number of hydrogen-bond acceptors (Lipinski definition) is 5. The number of aromatic nitrogens is 1. The van der Waals surface area contributed by atoms with Gasteiger partial charge in [0.15, 0.2) is 0 Å². The zero-order valence-electron chi connectivity index (χ0n) is 12.7. The molecule has 0 atom stereocenters. The van der Waals surface area contributed by atoms with Crippen LogP contribution in [0.3, 0.4) is 0 Å². The molecule has 0 amide bonds. The van der Waals surface area contributed by atoms with Gasteiger partial charge in [-0.1, -0.05) is 12.1 Å². The van der Waals surface area contributed by atoms with Crippen molar-refractivity contribution in [2.75, 3.05) is 6.61 Å². The van der Waals surface area contributed by atoms with E-state index < -0.39 is 0 Å². The SMILES string of the molecule is CCOC(=O)c1sc(COc2cccc(C)c2C)nc1C. The highest BCUT2D eigenvalue weighted by Crippen LogP contribution is 2.24. The van der Waals surface area contributed by atoms with E-state index in [9.17, 15) is 4.79 Å². The molecule has 0 saturated heterocycles. The van der Waals surface area contributed by atoms with Crippen molar-refractivity contribution in [2.24, 2.45) is 0 Å². The van der Waals surface area contributed by atoms with Crippen molar-refractivity contribution in [1.29, 1.82) is 0 Å². The summed E-state index contributed by atoms with van der Waals surface area (Å²) in [6, 6.07) is 5.96. The third kappa shape index (κ3) is 3.61. The minimum atomic E-state index is -0.314. The van der Waals surface area contributed by atoms with E-state index in [-0.39, 0.29) is 5.97 Å². The summed E-state index contributed by atoms with van der Waals surface area (Å²) in [5.74, 6) is 0.533. The fraction of sp³-hybridized carbons (Fsp3) is 0.375. The fourth-order valence-corrected chi connectivity index (χ4v) is 2.79. The normalized spacial score (nSPS) is 10.5. The van der Waals surface area contributed by atoms with E-state index in [2.05, 4.69) is 18.0 Å². The van der Waals surface area contributed by atoms with Crippen molar-refractivity contribution >= 4 is 17.3 Å². The van der Waals surface area contributed by atoms with Crippen molar-refractivity contribution in [3.8, 4) is 5.75 Å². The van der Waals surface area contributed by atoms with Crippen LogP contribution in [0.5, 0.6) is 5.75 Å². The Morgan fingerprint density at radius 2 is 2.05 bits per heavy atom. The summed E-state index contributed by atoms with van der Waals surface area (Å²) in [5.41, 5.74) is 3.00. The lowest BCUT2D eigenvalue weighted by molar-refractivity contribution is 0.0531. The average Bonchev–Trinajstić information content (AvgIpc) is 2.82. The lowest BCUT2D eigenvalue weighted by Gasteiger charge is -2.09. The first-order chi connectivity index (χ1) is 10.0. The maximum atomic E-state index is 11.8. The van der Waals surface area contributed by atoms with Gasteiger partial charge in [-0.15, -0.1) is 11.3 Å². The number of benzene rings is 1. The second kappa shape index (κ2) is 6.72. The van der Waals surface area contributed by atoms with Crippen LogP contribution in [0.25, 0.3) is 0 Å². The van der Waals surface area contributed by atoms with Gasteiger partial charge < -0.3 is 9.47 Å². The van der Waals surface area contributed by atoms with Gasteiger partial charge in [0.25, 0.3) is 0 Å². The van der Waals surface area contributed by atoms with Gasteiger partial charge in [0.05, 0.1) is 12.3 Å². The molecule has 0 fully saturated rings. The number of hydrogen-bond donors (Lipinski definition) is 0. The van der Waals surface area contributed by atoms with Crippen LogP contribution in [0.2, 0.25) is 0 Å². The molecule has 0 aliphatic rings. The molecule has 2 aromatic rings. The Morgan fingerprint density at radius 3 is 2.76 bits per heavy atom. The third-order valence-corrected chi connectivity index (χ3v) is 4.32. The number of nitrogens with zero attached hydrogens (tertiary/aromatic N) is 1. The molecule has 2 rings (SSSR count). The summed E-state index contributed by atoms with van der Waals surface area (Å²) in [6.07, 6.45) is 0. The first-order valence-electron chi connectivity index (χ1n) is 6.85. The predicted molar refractivity (Wildman–Crippen MR) is 83.1 cm³/mol. The molecule has 0 aliphatic heterocycles. The van der Waals surface area contributed by atoms with Crippen molar-refractivity contribution in [3.05, 3.63) is 44.9 Å². The third-order valence-electron chi connectivity index (χ3n) is 3.21.